The van der Waals surface area contributed by atoms with Gasteiger partial charge in [-0.25, -0.2) is 4.79 Å². The summed E-state index contributed by atoms with van der Waals surface area (Å²) < 4.78 is 1.49. The number of nitrogens with zero attached hydrogens (tertiary/aromatic N) is 4. The summed E-state index contributed by atoms with van der Waals surface area (Å²) in [5, 5.41) is 11.8. The van der Waals surface area contributed by atoms with Gasteiger partial charge >= 0.3 is 6.03 Å². The van der Waals surface area contributed by atoms with Crippen LogP contribution in [-0.4, -0.2) is 47.3 Å². The van der Waals surface area contributed by atoms with E-state index in [0.29, 0.717) is 11.4 Å². The number of anilines is 3. The molecule has 8 nitrogen and oxygen atoms in total. The van der Waals surface area contributed by atoms with Crippen LogP contribution in [0.4, 0.5) is 21.9 Å². The smallest absolute Gasteiger partial charge is 0.323 e. The highest BCUT2D eigenvalue weighted by Gasteiger charge is 2.17. The fourth-order valence-corrected chi connectivity index (χ4v) is 4.20. The minimum Gasteiger partial charge on any atom is -0.367 e. The number of carbonyl (C=O) groups is 2. The number of hydrogen-bond acceptors (Lipinski definition) is 5. The Morgan fingerprint density at radius 3 is 2.67 bits per heavy atom. The fraction of sp³-hybridized carbons (Fsp3) is 0.286. The Hall–Kier alpha value is -3.33. The van der Waals surface area contributed by atoms with E-state index in [4.69, 9.17) is 0 Å². The van der Waals surface area contributed by atoms with Crippen molar-refractivity contribution in [3.63, 3.8) is 0 Å². The Labute approximate surface area is 179 Å². The van der Waals surface area contributed by atoms with Gasteiger partial charge in [0.25, 0.3) is 0 Å². The number of benzene rings is 1. The number of nitrogens with one attached hydrogen (secondary N) is 2. The number of hydrogen-bond donors (Lipinski definition) is 2. The molecule has 0 radical (unpaired) electrons. The zero-order valence-electron chi connectivity index (χ0n) is 17.0. The van der Waals surface area contributed by atoms with Gasteiger partial charge in [-0.1, -0.05) is 0 Å². The molecular formula is C21H24N6O2S. The van der Waals surface area contributed by atoms with Gasteiger partial charge in [0.1, 0.15) is 6.54 Å². The number of aromatic nitrogens is 2. The molecule has 4 rings (SSSR count). The summed E-state index contributed by atoms with van der Waals surface area (Å²) in [7, 11) is 3.38. The van der Waals surface area contributed by atoms with Crippen LogP contribution in [0.2, 0.25) is 0 Å². The lowest BCUT2D eigenvalue weighted by atomic mass is 10.1. The van der Waals surface area contributed by atoms with E-state index in [1.165, 1.54) is 26.2 Å². The van der Waals surface area contributed by atoms with Crippen LogP contribution in [0, 0.1) is 0 Å². The second kappa shape index (κ2) is 8.58. The van der Waals surface area contributed by atoms with Gasteiger partial charge in [0.15, 0.2) is 0 Å². The van der Waals surface area contributed by atoms with E-state index in [-0.39, 0.29) is 18.5 Å². The molecule has 3 aromatic rings. The number of fused-ring (bicyclic) bond motifs is 1. The fourth-order valence-electron chi connectivity index (χ4n) is 3.31. The SMILES string of the molecule is CN(C)C(=O)Cn1cc(NC(=O)Nc2ccc(N3CCc4sccc4C3)cc2)cn1. The van der Waals surface area contributed by atoms with Gasteiger partial charge in [-0.15, -0.1) is 11.3 Å². The van der Waals surface area contributed by atoms with Crippen molar-refractivity contribution in [3.8, 4) is 0 Å². The van der Waals surface area contributed by atoms with E-state index in [1.54, 1.807) is 20.3 Å². The average molecular weight is 425 g/mol. The highest BCUT2D eigenvalue weighted by molar-refractivity contribution is 7.10. The Bertz CT molecular complexity index is 1040. The Morgan fingerprint density at radius 2 is 1.90 bits per heavy atom. The normalized spacial score (nSPS) is 12.9. The first-order chi connectivity index (χ1) is 14.5. The highest BCUT2D eigenvalue weighted by atomic mass is 32.1. The summed E-state index contributed by atoms with van der Waals surface area (Å²) in [4.78, 5) is 29.3. The highest BCUT2D eigenvalue weighted by Crippen LogP contribution is 2.28. The predicted octanol–water partition coefficient (Wildman–Crippen LogP) is 3.24. The summed E-state index contributed by atoms with van der Waals surface area (Å²) >= 11 is 1.83. The van der Waals surface area contributed by atoms with E-state index in [1.807, 2.05) is 35.6 Å². The molecule has 0 bridgehead atoms. The van der Waals surface area contributed by atoms with Crippen molar-refractivity contribution in [2.24, 2.45) is 0 Å². The second-order valence-corrected chi connectivity index (χ2v) is 8.38. The van der Waals surface area contributed by atoms with Gasteiger partial charge in [-0.3, -0.25) is 9.48 Å². The molecule has 0 saturated heterocycles. The van der Waals surface area contributed by atoms with Crippen LogP contribution in [0.15, 0.2) is 48.1 Å². The van der Waals surface area contributed by atoms with E-state index in [2.05, 4.69) is 32.1 Å². The Kier molecular flexibility index (Phi) is 5.71. The quantitative estimate of drug-likeness (QED) is 0.659. The largest absolute Gasteiger partial charge is 0.367 e. The van der Waals surface area contributed by atoms with Crippen LogP contribution >= 0.6 is 11.3 Å². The van der Waals surface area contributed by atoms with E-state index < -0.39 is 0 Å². The molecule has 30 heavy (non-hydrogen) atoms. The Morgan fingerprint density at radius 1 is 1.13 bits per heavy atom. The van der Waals surface area contributed by atoms with Crippen molar-refractivity contribution in [1.29, 1.82) is 0 Å². The molecule has 156 valence electrons. The van der Waals surface area contributed by atoms with Crippen molar-refractivity contribution < 1.29 is 9.59 Å². The van der Waals surface area contributed by atoms with Crippen molar-refractivity contribution in [3.05, 3.63) is 58.5 Å². The van der Waals surface area contributed by atoms with Gasteiger partial charge in [-0.2, -0.15) is 5.10 Å². The molecule has 0 saturated carbocycles. The maximum absolute atomic E-state index is 12.3. The zero-order chi connectivity index (χ0) is 21.1. The molecule has 1 aromatic carbocycles. The van der Waals surface area contributed by atoms with Crippen molar-refractivity contribution in [1.82, 2.24) is 14.7 Å². The van der Waals surface area contributed by atoms with Gasteiger partial charge in [0.05, 0.1) is 11.9 Å². The third-order valence-electron chi connectivity index (χ3n) is 4.99. The molecule has 1 aliphatic rings. The van der Waals surface area contributed by atoms with Crippen molar-refractivity contribution in [2.45, 2.75) is 19.5 Å². The second-order valence-electron chi connectivity index (χ2n) is 7.38. The lowest BCUT2D eigenvalue weighted by molar-refractivity contribution is -0.129. The van der Waals surface area contributed by atoms with Crippen LogP contribution in [0.25, 0.3) is 0 Å². The van der Waals surface area contributed by atoms with Gasteiger partial charge < -0.3 is 20.4 Å². The first kappa shape index (κ1) is 20.0. The number of amides is 3. The van der Waals surface area contributed by atoms with E-state index >= 15 is 0 Å². The first-order valence-electron chi connectivity index (χ1n) is 9.69. The van der Waals surface area contributed by atoms with Gasteiger partial charge in [0.2, 0.25) is 5.91 Å². The van der Waals surface area contributed by atoms with E-state index in [0.717, 1.165) is 25.2 Å². The summed E-state index contributed by atoms with van der Waals surface area (Å²) in [6, 6.07) is 9.69. The number of likely N-dealkylation sites (N-methyl/N-ethyl adjacent to an activating group) is 1. The maximum Gasteiger partial charge on any atom is 0.323 e. The van der Waals surface area contributed by atoms with Crippen LogP contribution in [0.1, 0.15) is 10.4 Å². The van der Waals surface area contributed by atoms with Crippen LogP contribution < -0.4 is 15.5 Å². The molecule has 9 heteroatoms. The molecule has 0 aliphatic carbocycles. The van der Waals surface area contributed by atoms with Gasteiger partial charge in [0, 0.05) is 49.6 Å². The molecule has 2 aromatic heterocycles. The minimum atomic E-state index is -0.359. The third kappa shape index (κ3) is 4.62. The number of thiophene rings is 1. The zero-order valence-corrected chi connectivity index (χ0v) is 17.8. The van der Waals surface area contributed by atoms with Crippen LogP contribution in [0.5, 0.6) is 0 Å². The monoisotopic (exact) mass is 424 g/mol. The lowest BCUT2D eigenvalue weighted by Crippen LogP contribution is -2.29. The summed E-state index contributed by atoms with van der Waals surface area (Å²) in [6.45, 7) is 2.05. The molecular weight excluding hydrogens is 400 g/mol. The molecule has 3 heterocycles. The molecule has 0 fully saturated rings. The van der Waals surface area contributed by atoms with E-state index in [9.17, 15) is 9.59 Å². The lowest BCUT2D eigenvalue weighted by Gasteiger charge is -2.29. The Balaban J connectivity index is 1.31. The molecule has 0 atom stereocenters. The number of rotatable bonds is 5. The number of carbonyl (C=O) groups excluding carboxylic acids is 2. The average Bonchev–Trinajstić information content (AvgIpc) is 3.37. The topological polar surface area (TPSA) is 82.5 Å². The maximum atomic E-state index is 12.3. The molecule has 2 N–H and O–H groups in total. The molecule has 1 aliphatic heterocycles. The van der Waals surface area contributed by atoms with Crippen LogP contribution in [-0.2, 0) is 24.3 Å². The summed E-state index contributed by atoms with van der Waals surface area (Å²) in [5.41, 5.74) is 3.78. The van der Waals surface area contributed by atoms with Gasteiger partial charge in [-0.05, 0) is 47.7 Å². The third-order valence-corrected chi connectivity index (χ3v) is 6.01. The molecule has 0 spiro atoms. The van der Waals surface area contributed by atoms with Crippen molar-refractivity contribution >= 4 is 40.3 Å². The summed E-state index contributed by atoms with van der Waals surface area (Å²) in [6.07, 6.45) is 4.21. The summed E-state index contributed by atoms with van der Waals surface area (Å²) in [5.74, 6) is -0.0712. The molecule has 3 amide bonds. The number of urea groups is 1. The standard InChI is InChI=1S/C21H24N6O2S/c1-25(2)20(28)14-27-13-17(11-22-27)24-21(29)23-16-3-5-18(6-4-16)26-9-7-19-15(12-26)8-10-30-19/h3-6,8,10-11,13H,7,9,12,14H2,1-2H3,(H2,23,24,29). The predicted molar refractivity (Wildman–Crippen MR) is 119 cm³/mol. The molecule has 0 unspecified atom stereocenters. The minimum absolute atomic E-state index is 0.0712. The van der Waals surface area contributed by atoms with Crippen molar-refractivity contribution in [2.75, 3.05) is 36.2 Å². The first-order valence-corrected chi connectivity index (χ1v) is 10.6. The van der Waals surface area contributed by atoms with Crippen LogP contribution in [0.3, 0.4) is 0 Å².